The Kier molecular flexibility index (Phi) is 5.71. The quantitative estimate of drug-likeness (QED) is 0.799. The maximum absolute atomic E-state index is 3.78. The molecule has 3 unspecified atom stereocenters. The molecule has 1 fully saturated rings. The molecule has 0 radical (unpaired) electrons. The molecule has 0 bridgehead atoms. The van der Waals surface area contributed by atoms with Gasteiger partial charge in [-0.3, -0.25) is 0 Å². The van der Waals surface area contributed by atoms with Crippen molar-refractivity contribution in [2.75, 3.05) is 6.54 Å². The van der Waals surface area contributed by atoms with Crippen molar-refractivity contribution >= 4 is 11.3 Å². The lowest BCUT2D eigenvalue weighted by atomic mass is 9.74. The molecule has 1 aromatic rings. The first-order valence-corrected chi connectivity index (χ1v) is 8.52. The van der Waals surface area contributed by atoms with Gasteiger partial charge in [-0.15, -0.1) is 0 Å². The molecule has 0 spiro atoms. The molecule has 1 N–H and O–H groups in total. The first-order valence-electron chi connectivity index (χ1n) is 7.57. The van der Waals surface area contributed by atoms with E-state index in [1.54, 1.807) is 5.56 Å². The van der Waals surface area contributed by atoms with Crippen LogP contribution in [-0.4, -0.2) is 12.6 Å². The van der Waals surface area contributed by atoms with E-state index in [-0.39, 0.29) is 0 Å². The molecular weight excluding hydrogens is 238 g/mol. The van der Waals surface area contributed by atoms with Gasteiger partial charge in [0.25, 0.3) is 0 Å². The first kappa shape index (κ1) is 14.1. The fraction of sp³-hybridized carbons (Fsp3) is 0.750. The third-order valence-corrected chi connectivity index (χ3v) is 5.13. The summed E-state index contributed by atoms with van der Waals surface area (Å²) in [6, 6.07) is 3.06. The summed E-state index contributed by atoms with van der Waals surface area (Å²) in [6.45, 7) is 5.80. The lowest BCUT2D eigenvalue weighted by Crippen LogP contribution is -2.41. The van der Waals surface area contributed by atoms with E-state index in [2.05, 4.69) is 36.0 Å². The number of rotatable bonds is 6. The van der Waals surface area contributed by atoms with Crippen LogP contribution >= 0.6 is 11.3 Å². The Morgan fingerprint density at radius 2 is 2.22 bits per heavy atom. The van der Waals surface area contributed by atoms with Crippen LogP contribution in [0.4, 0.5) is 0 Å². The van der Waals surface area contributed by atoms with Gasteiger partial charge in [-0.1, -0.05) is 20.3 Å². The third kappa shape index (κ3) is 3.83. The highest BCUT2D eigenvalue weighted by atomic mass is 32.1. The fourth-order valence-electron chi connectivity index (χ4n) is 3.27. The molecule has 2 rings (SSSR count). The Hall–Kier alpha value is -0.340. The van der Waals surface area contributed by atoms with Gasteiger partial charge in [0.05, 0.1) is 0 Å². The van der Waals surface area contributed by atoms with Gasteiger partial charge < -0.3 is 5.32 Å². The summed E-state index contributed by atoms with van der Waals surface area (Å²) in [5, 5.41) is 8.32. The van der Waals surface area contributed by atoms with Gasteiger partial charge in [-0.25, -0.2) is 0 Å². The van der Waals surface area contributed by atoms with Crippen LogP contribution in [0.5, 0.6) is 0 Å². The van der Waals surface area contributed by atoms with E-state index in [4.69, 9.17) is 0 Å². The Labute approximate surface area is 116 Å². The SMILES string of the molecule is CCCNC1CCC(CC)CC1Cc1ccsc1. The van der Waals surface area contributed by atoms with E-state index in [1.165, 1.54) is 45.1 Å². The molecule has 1 aliphatic carbocycles. The second-order valence-corrected chi connectivity index (χ2v) is 6.52. The van der Waals surface area contributed by atoms with Crippen molar-refractivity contribution in [3.8, 4) is 0 Å². The van der Waals surface area contributed by atoms with Crippen molar-refractivity contribution in [2.24, 2.45) is 11.8 Å². The van der Waals surface area contributed by atoms with Gasteiger partial charge in [-0.2, -0.15) is 11.3 Å². The summed E-state index contributed by atoms with van der Waals surface area (Å²) in [7, 11) is 0. The molecule has 0 amide bonds. The largest absolute Gasteiger partial charge is 0.314 e. The Morgan fingerprint density at radius 3 is 2.89 bits per heavy atom. The second kappa shape index (κ2) is 7.30. The first-order chi connectivity index (χ1) is 8.83. The molecule has 102 valence electrons. The van der Waals surface area contributed by atoms with Gasteiger partial charge in [0.2, 0.25) is 0 Å². The Balaban J connectivity index is 1.94. The molecular formula is C16H27NS. The average molecular weight is 265 g/mol. The summed E-state index contributed by atoms with van der Waals surface area (Å²) < 4.78 is 0. The van der Waals surface area contributed by atoms with Crippen LogP contribution in [0, 0.1) is 11.8 Å². The topological polar surface area (TPSA) is 12.0 Å². The molecule has 18 heavy (non-hydrogen) atoms. The molecule has 1 saturated carbocycles. The zero-order chi connectivity index (χ0) is 12.8. The molecule has 1 nitrogen and oxygen atoms in total. The van der Waals surface area contributed by atoms with E-state index in [0.29, 0.717) is 0 Å². The molecule has 1 aliphatic rings. The van der Waals surface area contributed by atoms with E-state index < -0.39 is 0 Å². The highest BCUT2D eigenvalue weighted by Crippen LogP contribution is 2.33. The third-order valence-electron chi connectivity index (χ3n) is 4.40. The van der Waals surface area contributed by atoms with Crippen molar-refractivity contribution in [1.82, 2.24) is 5.32 Å². The normalized spacial score (nSPS) is 28.4. The van der Waals surface area contributed by atoms with Crippen LogP contribution in [0.1, 0.15) is 51.5 Å². The molecule has 1 aromatic heterocycles. The number of nitrogens with one attached hydrogen (secondary N) is 1. The lowest BCUT2D eigenvalue weighted by Gasteiger charge is -2.36. The monoisotopic (exact) mass is 265 g/mol. The molecule has 3 atom stereocenters. The lowest BCUT2D eigenvalue weighted by molar-refractivity contribution is 0.198. The predicted octanol–water partition coefficient (Wildman–Crippen LogP) is 4.49. The minimum Gasteiger partial charge on any atom is -0.314 e. The van der Waals surface area contributed by atoms with Crippen LogP contribution in [0.2, 0.25) is 0 Å². The molecule has 1 heterocycles. The smallest absolute Gasteiger partial charge is 0.00987 e. The van der Waals surface area contributed by atoms with Crippen LogP contribution in [0.3, 0.4) is 0 Å². The molecule has 0 saturated heterocycles. The van der Waals surface area contributed by atoms with E-state index in [9.17, 15) is 0 Å². The fourth-order valence-corrected chi connectivity index (χ4v) is 3.95. The van der Waals surface area contributed by atoms with Gasteiger partial charge >= 0.3 is 0 Å². The second-order valence-electron chi connectivity index (χ2n) is 5.74. The summed E-state index contributed by atoms with van der Waals surface area (Å²) in [5.74, 6) is 1.82. The van der Waals surface area contributed by atoms with Crippen molar-refractivity contribution in [3.63, 3.8) is 0 Å². The zero-order valence-electron chi connectivity index (χ0n) is 11.8. The summed E-state index contributed by atoms with van der Waals surface area (Å²) in [6.07, 6.45) is 8.12. The molecule has 0 aromatic carbocycles. The highest BCUT2D eigenvalue weighted by molar-refractivity contribution is 7.07. The van der Waals surface area contributed by atoms with E-state index in [0.717, 1.165) is 17.9 Å². The van der Waals surface area contributed by atoms with Crippen LogP contribution < -0.4 is 5.32 Å². The van der Waals surface area contributed by atoms with Gasteiger partial charge in [0.15, 0.2) is 0 Å². The predicted molar refractivity (Wildman–Crippen MR) is 81.2 cm³/mol. The number of hydrogen-bond acceptors (Lipinski definition) is 2. The zero-order valence-corrected chi connectivity index (χ0v) is 12.6. The number of thiophene rings is 1. The Morgan fingerprint density at radius 1 is 1.33 bits per heavy atom. The maximum atomic E-state index is 3.78. The minimum absolute atomic E-state index is 0.757. The van der Waals surface area contributed by atoms with Crippen LogP contribution in [-0.2, 0) is 6.42 Å². The minimum atomic E-state index is 0.757. The average Bonchev–Trinajstić information content (AvgIpc) is 2.90. The standard InChI is InChI=1S/C16H27NS/c1-3-8-17-16-6-5-13(4-2)10-15(16)11-14-7-9-18-12-14/h7,9,12-13,15-17H,3-6,8,10-11H2,1-2H3. The van der Waals surface area contributed by atoms with Crippen molar-refractivity contribution in [1.29, 1.82) is 0 Å². The van der Waals surface area contributed by atoms with E-state index in [1.807, 2.05) is 11.3 Å². The van der Waals surface area contributed by atoms with Gasteiger partial charge in [-0.05, 0) is 72.9 Å². The maximum Gasteiger partial charge on any atom is 0.00987 e. The van der Waals surface area contributed by atoms with Crippen molar-refractivity contribution < 1.29 is 0 Å². The summed E-state index contributed by atoms with van der Waals surface area (Å²) in [5.41, 5.74) is 1.55. The van der Waals surface area contributed by atoms with E-state index >= 15 is 0 Å². The van der Waals surface area contributed by atoms with Crippen molar-refractivity contribution in [3.05, 3.63) is 22.4 Å². The van der Waals surface area contributed by atoms with Crippen molar-refractivity contribution in [2.45, 2.75) is 58.4 Å². The van der Waals surface area contributed by atoms with Gasteiger partial charge in [0.1, 0.15) is 0 Å². The summed E-state index contributed by atoms with van der Waals surface area (Å²) >= 11 is 1.83. The van der Waals surface area contributed by atoms with Crippen LogP contribution in [0.15, 0.2) is 16.8 Å². The number of hydrogen-bond donors (Lipinski definition) is 1. The molecule has 2 heteroatoms. The Bertz CT molecular complexity index is 320. The van der Waals surface area contributed by atoms with Crippen LogP contribution in [0.25, 0.3) is 0 Å². The highest BCUT2D eigenvalue weighted by Gasteiger charge is 2.29. The van der Waals surface area contributed by atoms with Gasteiger partial charge in [0, 0.05) is 6.04 Å². The molecule has 0 aliphatic heterocycles. The summed E-state index contributed by atoms with van der Waals surface area (Å²) in [4.78, 5) is 0.